The molecule has 0 saturated carbocycles. The van der Waals surface area contributed by atoms with Gasteiger partial charge in [-0.2, -0.15) is 0 Å². The normalized spacial score (nSPS) is 9.75. The van der Waals surface area contributed by atoms with Crippen molar-refractivity contribution in [1.29, 1.82) is 0 Å². The van der Waals surface area contributed by atoms with Crippen molar-refractivity contribution in [3.05, 3.63) is 47.7 Å². The van der Waals surface area contributed by atoms with Crippen molar-refractivity contribution < 1.29 is 0 Å². The summed E-state index contributed by atoms with van der Waals surface area (Å²) in [7, 11) is 0. The molecule has 0 fully saturated rings. The van der Waals surface area contributed by atoms with Gasteiger partial charge in [-0.25, -0.2) is 0 Å². The van der Waals surface area contributed by atoms with E-state index in [2.05, 4.69) is 37.8 Å². The van der Waals surface area contributed by atoms with Crippen molar-refractivity contribution in [2.75, 3.05) is 0 Å². The van der Waals surface area contributed by atoms with Crippen molar-refractivity contribution in [2.24, 2.45) is 5.73 Å². The number of hydrogen-bond acceptors (Lipinski definition) is 1. The molecule has 64 valence electrons. The minimum atomic E-state index is 0.722. The number of rotatable bonds is 3. The van der Waals surface area contributed by atoms with Crippen molar-refractivity contribution in [3.8, 4) is 0 Å². The van der Waals surface area contributed by atoms with Crippen LogP contribution in [0.25, 0.3) is 0 Å². The first-order chi connectivity index (χ1) is 5.72. The van der Waals surface area contributed by atoms with Gasteiger partial charge in [-0.05, 0) is 17.5 Å². The fraction of sp³-hybridized carbons (Fsp3) is 0.273. The molecule has 2 N–H and O–H groups in total. The molecule has 1 nitrogen and oxygen atoms in total. The number of allylic oxidation sites excluding steroid dienone is 1. The minimum Gasteiger partial charge on any atom is -0.402 e. The predicted octanol–water partition coefficient (Wildman–Crippen LogP) is 2.26. The third-order valence-corrected chi connectivity index (χ3v) is 1.86. The fourth-order valence-corrected chi connectivity index (χ4v) is 1.16. The van der Waals surface area contributed by atoms with E-state index in [1.165, 1.54) is 11.1 Å². The third kappa shape index (κ3) is 2.42. The first kappa shape index (κ1) is 8.85. The van der Waals surface area contributed by atoms with E-state index in [9.17, 15) is 0 Å². The average molecular weight is 161 g/mol. The van der Waals surface area contributed by atoms with Crippen LogP contribution in [0.3, 0.4) is 0 Å². The molecular weight excluding hydrogens is 146 g/mol. The lowest BCUT2D eigenvalue weighted by Gasteiger charge is -2.01. The van der Waals surface area contributed by atoms with Gasteiger partial charge in [-0.3, -0.25) is 0 Å². The van der Waals surface area contributed by atoms with E-state index in [4.69, 9.17) is 5.73 Å². The Morgan fingerprint density at radius 2 is 1.75 bits per heavy atom. The number of benzene rings is 1. The highest BCUT2D eigenvalue weighted by atomic mass is 14.6. The molecule has 0 amide bonds. The van der Waals surface area contributed by atoms with Crippen LogP contribution in [0.1, 0.15) is 18.1 Å². The van der Waals surface area contributed by atoms with Crippen LogP contribution in [0.5, 0.6) is 0 Å². The van der Waals surface area contributed by atoms with Crippen molar-refractivity contribution in [1.82, 2.24) is 0 Å². The van der Waals surface area contributed by atoms with Gasteiger partial charge < -0.3 is 5.73 Å². The van der Waals surface area contributed by atoms with Gasteiger partial charge in [-0.15, -0.1) is 0 Å². The quantitative estimate of drug-likeness (QED) is 0.723. The maximum absolute atomic E-state index is 5.50. The molecule has 0 bridgehead atoms. The molecule has 1 aromatic rings. The van der Waals surface area contributed by atoms with Gasteiger partial charge in [0, 0.05) is 12.1 Å². The lowest BCUT2D eigenvalue weighted by Crippen LogP contribution is -1.98. The van der Waals surface area contributed by atoms with Crippen LogP contribution < -0.4 is 5.73 Å². The lowest BCUT2D eigenvalue weighted by atomic mass is 10.1. The van der Waals surface area contributed by atoms with E-state index in [0.717, 1.165) is 18.5 Å². The Balaban J connectivity index is 2.71. The summed E-state index contributed by atoms with van der Waals surface area (Å²) < 4.78 is 0. The molecule has 0 saturated heterocycles. The molecule has 1 rings (SSSR count). The van der Waals surface area contributed by atoms with Gasteiger partial charge in [0.05, 0.1) is 0 Å². The zero-order chi connectivity index (χ0) is 8.97. The highest BCUT2D eigenvalue weighted by Crippen LogP contribution is 2.06. The Labute approximate surface area is 73.9 Å². The summed E-state index contributed by atoms with van der Waals surface area (Å²) in [6.45, 7) is 5.82. The minimum absolute atomic E-state index is 0.722. The highest BCUT2D eigenvalue weighted by Gasteiger charge is 1.93. The lowest BCUT2D eigenvalue weighted by molar-refractivity contribution is 1.09. The Morgan fingerprint density at radius 1 is 1.25 bits per heavy atom. The molecule has 0 aliphatic rings. The summed E-state index contributed by atoms with van der Waals surface area (Å²) in [6, 6.07) is 8.49. The SMILES string of the molecule is C=C(N)Cc1ccc(CC)cc1. The standard InChI is InChI=1S/C11H15N/c1-3-10-4-6-11(7-5-10)8-9(2)12/h4-7H,2-3,8,12H2,1H3. The van der Waals surface area contributed by atoms with Crippen LogP contribution in [0, 0.1) is 0 Å². The molecular formula is C11H15N. The van der Waals surface area contributed by atoms with Crippen LogP contribution in [-0.4, -0.2) is 0 Å². The van der Waals surface area contributed by atoms with Crippen LogP contribution in [0.4, 0.5) is 0 Å². The fourth-order valence-electron chi connectivity index (χ4n) is 1.16. The van der Waals surface area contributed by atoms with E-state index < -0.39 is 0 Å². The second-order valence-corrected chi connectivity index (χ2v) is 3.01. The molecule has 0 heterocycles. The molecule has 0 aliphatic heterocycles. The zero-order valence-electron chi connectivity index (χ0n) is 7.51. The second kappa shape index (κ2) is 3.96. The second-order valence-electron chi connectivity index (χ2n) is 3.01. The summed E-state index contributed by atoms with van der Waals surface area (Å²) in [6.07, 6.45) is 1.87. The topological polar surface area (TPSA) is 26.0 Å². The van der Waals surface area contributed by atoms with Crippen LogP contribution >= 0.6 is 0 Å². The maximum Gasteiger partial charge on any atom is 0.0115 e. The van der Waals surface area contributed by atoms with Gasteiger partial charge in [0.25, 0.3) is 0 Å². The Hall–Kier alpha value is -1.24. The van der Waals surface area contributed by atoms with Gasteiger partial charge in [0.2, 0.25) is 0 Å². The Kier molecular flexibility index (Phi) is 2.92. The van der Waals surface area contributed by atoms with E-state index in [1.807, 2.05) is 0 Å². The number of nitrogens with two attached hydrogens (primary N) is 1. The molecule has 12 heavy (non-hydrogen) atoms. The summed E-state index contributed by atoms with van der Waals surface area (Å²) in [4.78, 5) is 0. The monoisotopic (exact) mass is 161 g/mol. The summed E-state index contributed by atoms with van der Waals surface area (Å²) >= 11 is 0. The number of hydrogen-bond donors (Lipinski definition) is 1. The van der Waals surface area contributed by atoms with E-state index >= 15 is 0 Å². The average Bonchev–Trinajstić information content (AvgIpc) is 2.05. The van der Waals surface area contributed by atoms with Gasteiger partial charge in [0.15, 0.2) is 0 Å². The largest absolute Gasteiger partial charge is 0.402 e. The van der Waals surface area contributed by atoms with Crippen LogP contribution in [-0.2, 0) is 12.8 Å². The third-order valence-electron chi connectivity index (χ3n) is 1.86. The Bertz CT molecular complexity index is 259. The molecule has 0 spiro atoms. The van der Waals surface area contributed by atoms with Gasteiger partial charge >= 0.3 is 0 Å². The molecule has 0 aliphatic carbocycles. The highest BCUT2D eigenvalue weighted by molar-refractivity contribution is 5.25. The number of aryl methyl sites for hydroxylation is 1. The van der Waals surface area contributed by atoms with Crippen molar-refractivity contribution >= 4 is 0 Å². The summed E-state index contributed by atoms with van der Waals surface area (Å²) in [5, 5.41) is 0. The first-order valence-corrected chi connectivity index (χ1v) is 4.23. The van der Waals surface area contributed by atoms with Crippen molar-refractivity contribution in [3.63, 3.8) is 0 Å². The summed E-state index contributed by atoms with van der Waals surface area (Å²) in [5.41, 5.74) is 8.82. The summed E-state index contributed by atoms with van der Waals surface area (Å²) in [5.74, 6) is 0. The van der Waals surface area contributed by atoms with Crippen LogP contribution in [0.2, 0.25) is 0 Å². The molecule has 0 atom stereocenters. The first-order valence-electron chi connectivity index (χ1n) is 4.23. The smallest absolute Gasteiger partial charge is 0.0115 e. The molecule has 0 aromatic heterocycles. The van der Waals surface area contributed by atoms with E-state index in [-0.39, 0.29) is 0 Å². The van der Waals surface area contributed by atoms with Crippen LogP contribution in [0.15, 0.2) is 36.5 Å². The van der Waals surface area contributed by atoms with Gasteiger partial charge in [0.1, 0.15) is 0 Å². The molecule has 0 unspecified atom stereocenters. The molecule has 0 radical (unpaired) electrons. The molecule has 1 aromatic carbocycles. The van der Waals surface area contributed by atoms with E-state index in [0.29, 0.717) is 0 Å². The zero-order valence-corrected chi connectivity index (χ0v) is 7.51. The van der Waals surface area contributed by atoms with Crippen molar-refractivity contribution in [2.45, 2.75) is 19.8 Å². The molecule has 1 heteroatoms. The maximum atomic E-state index is 5.50. The van der Waals surface area contributed by atoms with Gasteiger partial charge in [-0.1, -0.05) is 37.8 Å². The van der Waals surface area contributed by atoms with E-state index in [1.54, 1.807) is 0 Å². The predicted molar refractivity (Wildman–Crippen MR) is 52.9 cm³/mol. The Morgan fingerprint density at radius 3 is 2.17 bits per heavy atom.